The van der Waals surface area contributed by atoms with Crippen LogP contribution in [-0.4, -0.2) is 30.3 Å². The molecule has 0 saturated carbocycles. The van der Waals surface area contributed by atoms with Crippen molar-refractivity contribution in [1.82, 2.24) is 5.32 Å². The highest BCUT2D eigenvalue weighted by Gasteiger charge is 2.24. The number of benzene rings is 2. The van der Waals surface area contributed by atoms with Gasteiger partial charge in [-0.15, -0.1) is 0 Å². The molecule has 1 N–H and O–H groups in total. The van der Waals surface area contributed by atoms with Crippen molar-refractivity contribution < 1.29 is 19.1 Å². The number of halogens is 1. The van der Waals surface area contributed by atoms with Crippen molar-refractivity contribution in [2.24, 2.45) is 4.99 Å². The average Bonchev–Trinajstić information content (AvgIpc) is 3.02. The summed E-state index contributed by atoms with van der Waals surface area (Å²) in [6.45, 7) is 1.84. The highest BCUT2D eigenvalue weighted by molar-refractivity contribution is 9.10. The van der Waals surface area contributed by atoms with Gasteiger partial charge >= 0.3 is 5.97 Å². The number of esters is 1. The minimum atomic E-state index is -0.443. The molecule has 0 unspecified atom stereocenters. The molecule has 0 atom stereocenters. The summed E-state index contributed by atoms with van der Waals surface area (Å²) >= 11 is 4.62. The van der Waals surface area contributed by atoms with Gasteiger partial charge in [-0.05, 0) is 55.1 Å². The number of nitrogens with zero attached hydrogens (tertiary/aromatic N) is 1. The number of nitrogens with one attached hydrogen (secondary N) is 1. The molecule has 0 bridgehead atoms. The van der Waals surface area contributed by atoms with E-state index in [0.29, 0.717) is 28.0 Å². The molecule has 0 aliphatic carbocycles. The van der Waals surface area contributed by atoms with Crippen LogP contribution < -0.4 is 10.1 Å². The van der Waals surface area contributed by atoms with E-state index in [0.717, 1.165) is 10.2 Å². The molecule has 2 aromatic rings. The third kappa shape index (κ3) is 5.46. The summed E-state index contributed by atoms with van der Waals surface area (Å²) in [6.07, 6.45) is 1.71. The zero-order valence-electron chi connectivity index (χ0n) is 15.0. The van der Waals surface area contributed by atoms with Crippen LogP contribution in [0.1, 0.15) is 12.5 Å². The summed E-state index contributed by atoms with van der Waals surface area (Å²) in [5.74, 6) is -0.183. The smallest absolute Gasteiger partial charge is 0.344 e. The Morgan fingerprint density at radius 3 is 2.71 bits per heavy atom. The standard InChI is InChI=1S/C20H17BrN2O4S/c1-2-26-18(24)12-27-16-6-4-3-5-13(16)11-17-19(25)23-20(28-17)22-15-9-7-14(21)8-10-15/h3-11H,2,12H2,1H3,(H,22,23,25)/b17-11-. The number of carbonyl (C=O) groups excluding carboxylic acids is 2. The van der Waals surface area contributed by atoms with Crippen molar-refractivity contribution in [1.29, 1.82) is 0 Å². The topological polar surface area (TPSA) is 77.0 Å². The van der Waals surface area contributed by atoms with E-state index in [9.17, 15) is 9.59 Å². The Labute approximate surface area is 175 Å². The molecule has 3 rings (SSSR count). The Kier molecular flexibility index (Phi) is 6.89. The molecule has 1 saturated heterocycles. The van der Waals surface area contributed by atoms with Crippen molar-refractivity contribution in [2.75, 3.05) is 13.2 Å². The van der Waals surface area contributed by atoms with Crippen molar-refractivity contribution in [3.63, 3.8) is 0 Å². The Hall–Kier alpha value is -2.58. The van der Waals surface area contributed by atoms with Crippen LogP contribution in [0.5, 0.6) is 5.75 Å². The maximum atomic E-state index is 12.3. The lowest BCUT2D eigenvalue weighted by molar-refractivity contribution is -0.145. The van der Waals surface area contributed by atoms with Crippen LogP contribution in [-0.2, 0) is 14.3 Å². The highest BCUT2D eigenvalue weighted by atomic mass is 79.9. The van der Waals surface area contributed by atoms with E-state index < -0.39 is 5.97 Å². The maximum absolute atomic E-state index is 12.3. The summed E-state index contributed by atoms with van der Waals surface area (Å²) in [6, 6.07) is 14.6. The number of carbonyl (C=O) groups is 2. The van der Waals surface area contributed by atoms with Gasteiger partial charge in [-0.1, -0.05) is 34.1 Å². The van der Waals surface area contributed by atoms with E-state index in [4.69, 9.17) is 9.47 Å². The molecule has 1 aliphatic rings. The third-order valence-corrected chi connectivity index (χ3v) is 5.00. The molecule has 28 heavy (non-hydrogen) atoms. The second-order valence-electron chi connectivity index (χ2n) is 5.59. The number of hydrogen-bond acceptors (Lipinski definition) is 6. The minimum Gasteiger partial charge on any atom is -0.481 e. The molecule has 144 valence electrons. The third-order valence-electron chi connectivity index (χ3n) is 3.56. The van der Waals surface area contributed by atoms with Gasteiger partial charge in [0.25, 0.3) is 5.91 Å². The van der Waals surface area contributed by atoms with E-state index >= 15 is 0 Å². The van der Waals surface area contributed by atoms with E-state index in [1.165, 1.54) is 11.8 Å². The second-order valence-corrected chi connectivity index (χ2v) is 7.54. The first kappa shape index (κ1) is 20.2. The maximum Gasteiger partial charge on any atom is 0.344 e. The number of amidine groups is 1. The second kappa shape index (κ2) is 9.57. The number of hydrogen-bond donors (Lipinski definition) is 1. The molecular formula is C20H17BrN2O4S. The van der Waals surface area contributed by atoms with Gasteiger partial charge in [0.15, 0.2) is 11.8 Å². The first-order chi connectivity index (χ1) is 13.5. The fraction of sp³-hybridized carbons (Fsp3) is 0.150. The zero-order chi connectivity index (χ0) is 19.9. The summed E-state index contributed by atoms with van der Waals surface area (Å²) in [5.41, 5.74) is 1.43. The molecule has 1 fully saturated rings. The molecule has 0 aromatic heterocycles. The number of rotatable bonds is 6. The molecule has 0 radical (unpaired) electrons. The quantitative estimate of drug-likeness (QED) is 0.513. The van der Waals surface area contributed by atoms with Gasteiger partial charge < -0.3 is 14.8 Å². The Morgan fingerprint density at radius 2 is 1.96 bits per heavy atom. The van der Waals surface area contributed by atoms with Gasteiger partial charge in [-0.3, -0.25) is 4.79 Å². The molecular weight excluding hydrogens is 444 g/mol. The predicted octanol–water partition coefficient (Wildman–Crippen LogP) is 4.28. The van der Waals surface area contributed by atoms with Crippen molar-refractivity contribution in [3.8, 4) is 5.75 Å². The van der Waals surface area contributed by atoms with Gasteiger partial charge in [0.05, 0.1) is 17.2 Å². The van der Waals surface area contributed by atoms with E-state index in [-0.39, 0.29) is 12.5 Å². The van der Waals surface area contributed by atoms with Crippen molar-refractivity contribution in [3.05, 3.63) is 63.5 Å². The van der Waals surface area contributed by atoms with E-state index in [1.54, 1.807) is 25.1 Å². The average molecular weight is 461 g/mol. The van der Waals surface area contributed by atoms with Crippen LogP contribution in [0, 0.1) is 0 Å². The van der Waals surface area contributed by atoms with Crippen molar-refractivity contribution in [2.45, 2.75) is 6.92 Å². The number of ether oxygens (including phenoxy) is 2. The SMILES string of the molecule is CCOC(=O)COc1ccccc1/C=C1\SC(=Nc2ccc(Br)cc2)NC1=O. The largest absolute Gasteiger partial charge is 0.481 e. The summed E-state index contributed by atoms with van der Waals surface area (Å²) in [4.78, 5) is 28.7. The molecule has 0 spiro atoms. The predicted molar refractivity (Wildman–Crippen MR) is 114 cm³/mol. The van der Waals surface area contributed by atoms with E-state index in [1.807, 2.05) is 36.4 Å². The van der Waals surface area contributed by atoms with Gasteiger partial charge in [0.2, 0.25) is 0 Å². The Morgan fingerprint density at radius 1 is 1.21 bits per heavy atom. The van der Waals surface area contributed by atoms with Crippen LogP contribution in [0.3, 0.4) is 0 Å². The Balaban J connectivity index is 1.75. The monoisotopic (exact) mass is 460 g/mol. The lowest BCUT2D eigenvalue weighted by Crippen LogP contribution is -2.19. The fourth-order valence-electron chi connectivity index (χ4n) is 2.33. The lowest BCUT2D eigenvalue weighted by atomic mass is 10.2. The molecule has 6 nitrogen and oxygen atoms in total. The van der Waals surface area contributed by atoms with Crippen LogP contribution in [0.4, 0.5) is 5.69 Å². The fourth-order valence-corrected chi connectivity index (χ4v) is 3.42. The number of aliphatic imine (C=N–C) groups is 1. The number of thioether (sulfide) groups is 1. The molecule has 2 aromatic carbocycles. The highest BCUT2D eigenvalue weighted by Crippen LogP contribution is 2.30. The first-order valence-electron chi connectivity index (χ1n) is 8.48. The molecule has 1 heterocycles. The van der Waals surface area contributed by atoms with Gasteiger partial charge in [-0.25, -0.2) is 9.79 Å². The summed E-state index contributed by atoms with van der Waals surface area (Å²) in [7, 11) is 0. The van der Waals surface area contributed by atoms with Gasteiger partial charge in [-0.2, -0.15) is 0 Å². The Bertz CT molecular complexity index is 941. The van der Waals surface area contributed by atoms with Gasteiger partial charge in [0, 0.05) is 10.0 Å². The van der Waals surface area contributed by atoms with Gasteiger partial charge in [0.1, 0.15) is 5.75 Å². The molecule has 1 amide bonds. The zero-order valence-corrected chi connectivity index (χ0v) is 17.4. The summed E-state index contributed by atoms with van der Waals surface area (Å²) in [5, 5.41) is 3.26. The van der Waals surface area contributed by atoms with E-state index in [2.05, 4.69) is 26.2 Å². The number of amides is 1. The molecule has 1 aliphatic heterocycles. The lowest BCUT2D eigenvalue weighted by Gasteiger charge is -2.08. The normalized spacial score (nSPS) is 16.3. The van der Waals surface area contributed by atoms with Crippen LogP contribution in [0.25, 0.3) is 6.08 Å². The van der Waals surface area contributed by atoms with Crippen LogP contribution in [0.15, 0.2) is 62.9 Å². The van der Waals surface area contributed by atoms with Crippen LogP contribution in [0.2, 0.25) is 0 Å². The van der Waals surface area contributed by atoms with Crippen molar-refractivity contribution >= 4 is 56.5 Å². The molecule has 8 heteroatoms. The first-order valence-corrected chi connectivity index (χ1v) is 10.1. The minimum absolute atomic E-state index is 0.191. The van der Waals surface area contributed by atoms with Crippen LogP contribution >= 0.6 is 27.7 Å². The summed E-state index contributed by atoms with van der Waals surface area (Å²) < 4.78 is 11.4. The number of para-hydroxylation sites is 1.